The lowest BCUT2D eigenvalue weighted by molar-refractivity contribution is 0.660. The normalized spacial score (nSPS) is 13.8. The number of rotatable bonds is 9. The summed E-state index contributed by atoms with van der Waals surface area (Å²) in [6, 6.07) is 74.3. The third kappa shape index (κ3) is 7.25. The Bertz CT molecular complexity index is 3510. The van der Waals surface area contributed by atoms with Crippen molar-refractivity contribution in [3.8, 4) is 22.3 Å². The van der Waals surface area contributed by atoms with Crippen LogP contribution in [0.3, 0.4) is 0 Å². The number of para-hydroxylation sites is 2. The number of benzene rings is 9. The van der Waals surface area contributed by atoms with Gasteiger partial charge in [0.25, 0.3) is 6.71 Å². The van der Waals surface area contributed by atoms with Crippen LogP contribution in [0, 0.1) is 6.92 Å². The molecule has 0 spiro atoms. The van der Waals surface area contributed by atoms with Gasteiger partial charge in [-0.1, -0.05) is 188 Å². The molecule has 0 unspecified atom stereocenters. The Balaban J connectivity index is 1.20. The van der Waals surface area contributed by atoms with Gasteiger partial charge in [-0.05, 0) is 152 Å². The standard InChI is InChI=1S/C67H62BN3/c1-42(2)46-27-31-51(32-28-46)70-62-37-48(43(3)4)29-35-59(62)68-60-36-30-49(44(5)6)38-63(60)71(61-22-16-14-19-54(61)47-25-23-45(7)24-26-47)65-41-53(40-64(70)66(65)68)69(50-17-11-10-12-18-50)52-33-34-56-55-20-13-15-21-57(55)67(8,9)58(56)39-52/h10-44H,1-9H3. The van der Waals surface area contributed by atoms with E-state index in [1.165, 1.54) is 94.8 Å². The second kappa shape index (κ2) is 17.1. The summed E-state index contributed by atoms with van der Waals surface area (Å²) >= 11 is 0. The van der Waals surface area contributed by atoms with Gasteiger partial charge in [0.15, 0.2) is 0 Å². The number of nitrogens with zero attached hydrogens (tertiary/aromatic N) is 3. The molecular weight excluding hydrogens is 858 g/mol. The molecule has 0 saturated carbocycles. The van der Waals surface area contributed by atoms with Gasteiger partial charge in [-0.3, -0.25) is 0 Å². The zero-order valence-corrected chi connectivity index (χ0v) is 42.6. The first-order valence-electron chi connectivity index (χ1n) is 25.8. The molecule has 71 heavy (non-hydrogen) atoms. The molecule has 12 rings (SSSR count). The Morgan fingerprint density at radius 2 is 0.958 bits per heavy atom. The number of aryl methyl sites for hydroxylation is 1. The van der Waals surface area contributed by atoms with E-state index in [0.29, 0.717) is 17.8 Å². The van der Waals surface area contributed by atoms with Gasteiger partial charge in [0.05, 0.1) is 11.4 Å². The zero-order valence-electron chi connectivity index (χ0n) is 42.6. The molecule has 4 heteroatoms. The summed E-state index contributed by atoms with van der Waals surface area (Å²) < 4.78 is 0. The Labute approximate surface area is 422 Å². The molecule has 3 aliphatic rings. The average molecular weight is 920 g/mol. The summed E-state index contributed by atoms with van der Waals surface area (Å²) in [5, 5.41) is 0. The fourth-order valence-corrected chi connectivity index (χ4v) is 11.9. The molecule has 2 heterocycles. The highest BCUT2D eigenvalue weighted by Gasteiger charge is 2.45. The van der Waals surface area contributed by atoms with E-state index in [1.54, 1.807) is 0 Å². The van der Waals surface area contributed by atoms with Crippen LogP contribution in [0.4, 0.5) is 51.2 Å². The summed E-state index contributed by atoms with van der Waals surface area (Å²) in [5.41, 5.74) is 27.3. The maximum Gasteiger partial charge on any atom is 0.252 e. The van der Waals surface area contributed by atoms with Gasteiger partial charge in [-0.2, -0.15) is 0 Å². The van der Waals surface area contributed by atoms with Gasteiger partial charge >= 0.3 is 0 Å². The molecule has 348 valence electrons. The van der Waals surface area contributed by atoms with Crippen molar-refractivity contribution in [2.45, 2.75) is 85.5 Å². The molecule has 0 atom stereocenters. The van der Waals surface area contributed by atoms with E-state index in [4.69, 9.17) is 0 Å². The number of anilines is 9. The van der Waals surface area contributed by atoms with Crippen LogP contribution in [0.15, 0.2) is 194 Å². The molecule has 0 N–H and O–H groups in total. The van der Waals surface area contributed by atoms with E-state index in [0.717, 1.165) is 28.4 Å². The highest BCUT2D eigenvalue weighted by Crippen LogP contribution is 2.53. The van der Waals surface area contributed by atoms with Gasteiger partial charge in [0, 0.05) is 50.8 Å². The van der Waals surface area contributed by atoms with Crippen LogP contribution in [-0.2, 0) is 5.41 Å². The van der Waals surface area contributed by atoms with E-state index in [9.17, 15) is 0 Å². The molecule has 9 aromatic rings. The van der Waals surface area contributed by atoms with Gasteiger partial charge in [-0.15, -0.1) is 0 Å². The molecule has 0 radical (unpaired) electrons. The molecule has 0 saturated heterocycles. The first-order valence-corrected chi connectivity index (χ1v) is 25.8. The van der Waals surface area contributed by atoms with Crippen molar-refractivity contribution in [1.82, 2.24) is 0 Å². The minimum absolute atomic E-state index is 0.0140. The van der Waals surface area contributed by atoms with Crippen LogP contribution in [-0.4, -0.2) is 6.71 Å². The summed E-state index contributed by atoms with van der Waals surface area (Å²) in [6.45, 7) is 20.8. The first-order chi connectivity index (χ1) is 34.4. The van der Waals surface area contributed by atoms with Crippen molar-refractivity contribution in [1.29, 1.82) is 0 Å². The topological polar surface area (TPSA) is 9.72 Å². The fraction of sp³-hybridized carbons (Fsp3) is 0.194. The Hall–Kier alpha value is -7.56. The van der Waals surface area contributed by atoms with Crippen molar-refractivity contribution in [3.05, 3.63) is 228 Å². The summed E-state index contributed by atoms with van der Waals surface area (Å²) in [5.74, 6) is 1.13. The molecule has 0 aromatic heterocycles. The van der Waals surface area contributed by atoms with Crippen LogP contribution >= 0.6 is 0 Å². The predicted octanol–water partition coefficient (Wildman–Crippen LogP) is 16.9. The molecule has 2 aliphatic heterocycles. The molecular formula is C67H62BN3. The Kier molecular flexibility index (Phi) is 10.7. The van der Waals surface area contributed by atoms with E-state index in [2.05, 4.69) is 271 Å². The zero-order chi connectivity index (χ0) is 48.9. The molecule has 0 fully saturated rings. The van der Waals surface area contributed by atoms with Crippen LogP contribution in [0.5, 0.6) is 0 Å². The smallest absolute Gasteiger partial charge is 0.252 e. The SMILES string of the molecule is Cc1ccc(-c2ccccc2N2c3cc(C(C)C)ccc3B3c4ccc(C(C)C)cc4N(c4ccc(C(C)C)cc4)c4cc(N(c5ccccc5)c5ccc6c(c5)C(C)(C)c5ccccc5-6)cc2c43)cc1. The van der Waals surface area contributed by atoms with Crippen LogP contribution in [0.25, 0.3) is 22.3 Å². The average Bonchev–Trinajstić information content (AvgIpc) is 3.61. The van der Waals surface area contributed by atoms with Crippen molar-refractivity contribution < 1.29 is 0 Å². The van der Waals surface area contributed by atoms with Crippen LogP contribution < -0.4 is 31.1 Å². The van der Waals surface area contributed by atoms with Crippen molar-refractivity contribution in [2.24, 2.45) is 0 Å². The lowest BCUT2D eigenvalue weighted by atomic mass is 9.33. The van der Waals surface area contributed by atoms with E-state index in [-0.39, 0.29) is 12.1 Å². The minimum atomic E-state index is -0.162. The molecule has 9 aromatic carbocycles. The maximum atomic E-state index is 2.62. The number of hydrogen-bond donors (Lipinski definition) is 0. The maximum absolute atomic E-state index is 2.62. The third-order valence-electron chi connectivity index (χ3n) is 15.9. The van der Waals surface area contributed by atoms with Crippen molar-refractivity contribution in [2.75, 3.05) is 14.7 Å². The third-order valence-corrected chi connectivity index (χ3v) is 15.9. The second-order valence-electron chi connectivity index (χ2n) is 21.6. The lowest BCUT2D eigenvalue weighted by Crippen LogP contribution is -2.61. The van der Waals surface area contributed by atoms with Crippen LogP contribution in [0.1, 0.15) is 107 Å². The van der Waals surface area contributed by atoms with Crippen molar-refractivity contribution in [3.63, 3.8) is 0 Å². The van der Waals surface area contributed by atoms with Gasteiger partial charge in [-0.25, -0.2) is 0 Å². The van der Waals surface area contributed by atoms with Gasteiger partial charge in [0.2, 0.25) is 0 Å². The number of fused-ring (bicyclic) bond motifs is 7. The Morgan fingerprint density at radius 3 is 1.61 bits per heavy atom. The predicted molar refractivity (Wildman–Crippen MR) is 305 cm³/mol. The second-order valence-corrected chi connectivity index (χ2v) is 21.6. The summed E-state index contributed by atoms with van der Waals surface area (Å²) in [7, 11) is 0. The van der Waals surface area contributed by atoms with E-state index < -0.39 is 0 Å². The minimum Gasteiger partial charge on any atom is -0.311 e. The van der Waals surface area contributed by atoms with Gasteiger partial charge in [0.1, 0.15) is 0 Å². The Morgan fingerprint density at radius 1 is 0.408 bits per heavy atom. The largest absolute Gasteiger partial charge is 0.311 e. The lowest BCUT2D eigenvalue weighted by Gasteiger charge is -2.45. The summed E-state index contributed by atoms with van der Waals surface area (Å²) in [4.78, 5) is 7.72. The molecule has 1 aliphatic carbocycles. The van der Waals surface area contributed by atoms with Gasteiger partial charge < -0.3 is 14.7 Å². The highest BCUT2D eigenvalue weighted by molar-refractivity contribution is 7.00. The van der Waals surface area contributed by atoms with Crippen LogP contribution in [0.2, 0.25) is 0 Å². The molecule has 3 nitrogen and oxygen atoms in total. The first kappa shape index (κ1) is 44.6. The molecule has 0 amide bonds. The highest BCUT2D eigenvalue weighted by atomic mass is 15.2. The summed E-state index contributed by atoms with van der Waals surface area (Å²) in [6.07, 6.45) is 0. The van der Waals surface area contributed by atoms with Crippen molar-refractivity contribution >= 4 is 74.3 Å². The van der Waals surface area contributed by atoms with E-state index >= 15 is 0 Å². The number of hydrogen-bond acceptors (Lipinski definition) is 3. The monoisotopic (exact) mass is 920 g/mol. The quantitative estimate of drug-likeness (QED) is 0.134. The fourth-order valence-electron chi connectivity index (χ4n) is 11.9. The van der Waals surface area contributed by atoms with E-state index in [1.807, 2.05) is 0 Å². The molecule has 0 bridgehead atoms.